The number of carbonyl (C=O) groups excluding carboxylic acids is 1. The summed E-state index contributed by atoms with van der Waals surface area (Å²) in [7, 11) is 1.62. The maximum Gasteiger partial charge on any atom is 0.254 e. The monoisotopic (exact) mass is 447 g/mol. The molecule has 2 aromatic heterocycles. The molecule has 1 fully saturated rings. The Morgan fingerprint density at radius 1 is 1.18 bits per heavy atom. The number of amides is 1. The Kier molecular flexibility index (Phi) is 6.72. The summed E-state index contributed by atoms with van der Waals surface area (Å²) < 4.78 is 5.36. The van der Waals surface area contributed by atoms with Crippen molar-refractivity contribution in [2.75, 3.05) is 25.5 Å². The summed E-state index contributed by atoms with van der Waals surface area (Å²) in [6.45, 7) is 4.99. The first-order valence-corrected chi connectivity index (χ1v) is 11.1. The van der Waals surface area contributed by atoms with E-state index in [-0.39, 0.29) is 17.5 Å². The Morgan fingerprint density at radius 3 is 2.61 bits per heavy atom. The van der Waals surface area contributed by atoms with E-state index in [0.717, 1.165) is 35.5 Å². The van der Waals surface area contributed by atoms with Gasteiger partial charge in [-0.05, 0) is 44.9 Å². The van der Waals surface area contributed by atoms with E-state index in [0.29, 0.717) is 36.6 Å². The number of ether oxygens (including phenoxy) is 1. The summed E-state index contributed by atoms with van der Waals surface area (Å²) in [6, 6.07) is 11.7. The lowest BCUT2D eigenvalue weighted by molar-refractivity contribution is -0.131. The van der Waals surface area contributed by atoms with Gasteiger partial charge in [-0.1, -0.05) is 18.2 Å². The number of rotatable bonds is 6. The normalized spacial score (nSPS) is 14.2. The number of hydrogen-bond acceptors (Lipinski definition) is 6. The number of aromatic amines is 1. The Labute approximate surface area is 193 Å². The topological polar surface area (TPSA) is 100 Å². The second kappa shape index (κ2) is 9.85. The Morgan fingerprint density at radius 2 is 1.94 bits per heavy atom. The molecule has 1 aliphatic rings. The van der Waals surface area contributed by atoms with Gasteiger partial charge in [-0.15, -0.1) is 0 Å². The summed E-state index contributed by atoms with van der Waals surface area (Å²) in [6.07, 6.45) is 3.77. The quantitative estimate of drug-likeness (QED) is 0.602. The molecule has 0 spiro atoms. The number of benzene rings is 1. The van der Waals surface area contributed by atoms with Crippen LogP contribution in [0.25, 0.3) is 11.4 Å². The molecule has 33 heavy (non-hydrogen) atoms. The molecule has 8 nitrogen and oxygen atoms in total. The first kappa shape index (κ1) is 22.5. The molecule has 3 heterocycles. The smallest absolute Gasteiger partial charge is 0.254 e. The molecule has 0 unspecified atom stereocenters. The maximum absolute atomic E-state index is 12.7. The van der Waals surface area contributed by atoms with Gasteiger partial charge in [0.05, 0.1) is 13.5 Å². The van der Waals surface area contributed by atoms with Crippen LogP contribution in [0, 0.1) is 13.8 Å². The third-order valence-corrected chi connectivity index (χ3v) is 6.17. The van der Waals surface area contributed by atoms with E-state index in [9.17, 15) is 9.59 Å². The van der Waals surface area contributed by atoms with Crippen molar-refractivity contribution in [1.82, 2.24) is 19.9 Å². The van der Waals surface area contributed by atoms with Gasteiger partial charge in [-0.2, -0.15) is 0 Å². The maximum atomic E-state index is 12.7. The average Bonchev–Trinajstić information content (AvgIpc) is 2.83. The predicted octanol–water partition coefficient (Wildman–Crippen LogP) is 3.10. The zero-order valence-corrected chi connectivity index (χ0v) is 19.2. The average molecular weight is 448 g/mol. The Balaban J connectivity index is 1.32. The van der Waals surface area contributed by atoms with Crippen molar-refractivity contribution in [3.05, 3.63) is 69.8 Å². The fourth-order valence-corrected chi connectivity index (χ4v) is 4.01. The first-order chi connectivity index (χ1) is 15.9. The van der Waals surface area contributed by atoms with Gasteiger partial charge in [0.15, 0.2) is 0 Å². The van der Waals surface area contributed by atoms with Crippen LogP contribution in [0.5, 0.6) is 5.75 Å². The zero-order chi connectivity index (χ0) is 23.4. The second-order valence-electron chi connectivity index (χ2n) is 8.35. The van der Waals surface area contributed by atoms with E-state index in [1.54, 1.807) is 20.2 Å². The minimum Gasteiger partial charge on any atom is -0.496 e. The van der Waals surface area contributed by atoms with Crippen molar-refractivity contribution in [1.29, 1.82) is 0 Å². The molecule has 0 radical (unpaired) electrons. The number of nitrogens with zero attached hydrogens (tertiary/aromatic N) is 3. The van der Waals surface area contributed by atoms with E-state index >= 15 is 0 Å². The van der Waals surface area contributed by atoms with Crippen LogP contribution in [0.15, 0.2) is 47.4 Å². The highest BCUT2D eigenvalue weighted by molar-refractivity contribution is 5.79. The molecule has 1 saturated heterocycles. The molecule has 1 aromatic carbocycles. The molecule has 0 atom stereocenters. The molecule has 3 aromatic rings. The van der Waals surface area contributed by atoms with E-state index in [2.05, 4.69) is 20.3 Å². The largest absolute Gasteiger partial charge is 0.496 e. The molecule has 0 bridgehead atoms. The number of methoxy groups -OCH3 is 1. The van der Waals surface area contributed by atoms with Gasteiger partial charge in [0.1, 0.15) is 17.4 Å². The fourth-order valence-electron chi connectivity index (χ4n) is 4.01. The zero-order valence-electron chi connectivity index (χ0n) is 19.2. The highest BCUT2D eigenvalue weighted by Crippen LogP contribution is 2.21. The lowest BCUT2D eigenvalue weighted by Gasteiger charge is -2.33. The van der Waals surface area contributed by atoms with E-state index in [1.807, 2.05) is 48.2 Å². The summed E-state index contributed by atoms with van der Waals surface area (Å²) >= 11 is 0. The molecule has 0 saturated carbocycles. The minimum absolute atomic E-state index is 0.121. The van der Waals surface area contributed by atoms with Crippen LogP contribution >= 0.6 is 0 Å². The van der Waals surface area contributed by atoms with Crippen LogP contribution < -0.4 is 15.6 Å². The van der Waals surface area contributed by atoms with Gasteiger partial charge in [-0.3, -0.25) is 9.59 Å². The molecule has 2 N–H and O–H groups in total. The number of aryl methyl sites for hydroxylation is 1. The molecule has 0 aliphatic carbocycles. The number of aromatic nitrogens is 3. The van der Waals surface area contributed by atoms with E-state index < -0.39 is 0 Å². The molecule has 172 valence electrons. The highest BCUT2D eigenvalue weighted by Gasteiger charge is 2.23. The summed E-state index contributed by atoms with van der Waals surface area (Å²) in [5.41, 5.74) is 2.87. The number of H-pyrrole nitrogens is 1. The lowest BCUT2D eigenvalue weighted by Crippen LogP contribution is -2.43. The minimum atomic E-state index is -0.133. The third-order valence-electron chi connectivity index (χ3n) is 6.17. The van der Waals surface area contributed by atoms with E-state index in [1.165, 1.54) is 0 Å². The van der Waals surface area contributed by atoms with Crippen LogP contribution in [0.4, 0.5) is 5.82 Å². The van der Waals surface area contributed by atoms with Gasteiger partial charge in [0.25, 0.3) is 5.56 Å². The van der Waals surface area contributed by atoms with Crippen LogP contribution in [0.2, 0.25) is 0 Å². The van der Waals surface area contributed by atoms with Crippen molar-refractivity contribution in [3.63, 3.8) is 0 Å². The van der Waals surface area contributed by atoms with Gasteiger partial charge < -0.3 is 19.9 Å². The van der Waals surface area contributed by atoms with Crippen LogP contribution in [0.3, 0.4) is 0 Å². The number of para-hydroxylation sites is 1. The van der Waals surface area contributed by atoms with Gasteiger partial charge >= 0.3 is 0 Å². The van der Waals surface area contributed by atoms with Crippen molar-refractivity contribution in [2.24, 2.45) is 0 Å². The summed E-state index contributed by atoms with van der Waals surface area (Å²) in [4.78, 5) is 38.4. The number of anilines is 1. The lowest BCUT2D eigenvalue weighted by atomic mass is 10.0. The molecular weight excluding hydrogens is 418 g/mol. The van der Waals surface area contributed by atoms with Crippen LogP contribution in [-0.4, -0.2) is 52.0 Å². The van der Waals surface area contributed by atoms with E-state index in [4.69, 9.17) is 4.74 Å². The summed E-state index contributed by atoms with van der Waals surface area (Å²) in [5, 5.41) is 3.46. The van der Waals surface area contributed by atoms with Crippen molar-refractivity contribution < 1.29 is 9.53 Å². The number of hydrogen-bond donors (Lipinski definition) is 2. The molecule has 1 aliphatic heterocycles. The number of nitrogens with one attached hydrogen (secondary N) is 2. The van der Waals surface area contributed by atoms with Crippen LogP contribution in [-0.2, 0) is 11.2 Å². The number of carbonyl (C=O) groups is 1. The second-order valence-corrected chi connectivity index (χ2v) is 8.35. The first-order valence-electron chi connectivity index (χ1n) is 11.1. The molecule has 8 heteroatoms. The van der Waals surface area contributed by atoms with Crippen LogP contribution in [0.1, 0.15) is 29.7 Å². The van der Waals surface area contributed by atoms with Crippen molar-refractivity contribution in [2.45, 2.75) is 39.2 Å². The third kappa shape index (κ3) is 5.22. The van der Waals surface area contributed by atoms with Crippen molar-refractivity contribution in [3.8, 4) is 17.1 Å². The number of likely N-dealkylation sites (tertiary alicyclic amines) is 1. The van der Waals surface area contributed by atoms with Gasteiger partial charge in [-0.25, -0.2) is 9.97 Å². The number of pyridine rings is 1. The molecule has 4 rings (SSSR count). The number of piperidine rings is 1. The van der Waals surface area contributed by atoms with Crippen molar-refractivity contribution >= 4 is 11.7 Å². The molecular formula is C25H29N5O3. The standard InChI is InChI=1S/C25H29N5O3/c1-16-17(2)27-24(29-25(16)32)19-8-9-22(26-15-19)28-20-10-12-30(13-11-20)23(31)14-18-6-4-5-7-21(18)33-3/h4-9,15,20H,10-14H2,1-3H3,(H,26,28)(H,27,29,32). The summed E-state index contributed by atoms with van der Waals surface area (Å²) in [5.74, 6) is 2.15. The fraction of sp³-hybridized carbons (Fsp3) is 0.360. The van der Waals surface area contributed by atoms with Gasteiger partial charge in [0.2, 0.25) is 5.91 Å². The SMILES string of the molecule is COc1ccccc1CC(=O)N1CCC(Nc2ccc(-c3nc(C)c(C)c(=O)[nH]3)cn2)CC1. The Bertz CT molecular complexity index is 1180. The highest BCUT2D eigenvalue weighted by atomic mass is 16.5. The Hall–Kier alpha value is -3.68. The van der Waals surface area contributed by atoms with Gasteiger partial charge in [0, 0.05) is 47.7 Å². The predicted molar refractivity (Wildman–Crippen MR) is 127 cm³/mol. The molecule has 1 amide bonds.